The number of amides is 2. The van der Waals surface area contributed by atoms with E-state index < -0.39 is 16.1 Å². The average Bonchev–Trinajstić information content (AvgIpc) is 2.80. The minimum atomic E-state index is -3.54. The van der Waals surface area contributed by atoms with Crippen LogP contribution in [-0.4, -0.2) is 50.5 Å². The van der Waals surface area contributed by atoms with Gasteiger partial charge in [-0.15, -0.1) is 0 Å². The number of hydrogen-bond acceptors (Lipinski definition) is 4. The van der Waals surface area contributed by atoms with Crippen LogP contribution in [0.15, 0.2) is 42.5 Å². The molecule has 1 N–H and O–H groups in total. The first-order valence-corrected chi connectivity index (χ1v) is 14.2. The molecule has 0 fully saturated rings. The van der Waals surface area contributed by atoms with Gasteiger partial charge in [-0.25, -0.2) is 8.42 Å². The summed E-state index contributed by atoms with van der Waals surface area (Å²) < 4.78 is 26.2. The van der Waals surface area contributed by atoms with Crippen LogP contribution in [0.5, 0.6) is 0 Å². The SMILES string of the molecule is CCNC(=O)C(C)N(Cc1c(Cl)cccc1Cl)C(=O)CCCN(c1ccc(CC)cc1)S(C)(=O)=O. The summed E-state index contributed by atoms with van der Waals surface area (Å²) in [5.41, 5.74) is 2.20. The molecule has 0 aliphatic rings. The maximum atomic E-state index is 13.3. The Morgan fingerprint density at radius 3 is 2.14 bits per heavy atom. The summed E-state index contributed by atoms with van der Waals surface area (Å²) in [6, 6.07) is 11.6. The van der Waals surface area contributed by atoms with Gasteiger partial charge in [-0.3, -0.25) is 13.9 Å². The van der Waals surface area contributed by atoms with Gasteiger partial charge in [-0.1, -0.05) is 48.3 Å². The molecule has 0 aliphatic carbocycles. The lowest BCUT2D eigenvalue weighted by atomic mass is 10.1. The van der Waals surface area contributed by atoms with Gasteiger partial charge in [-0.2, -0.15) is 0 Å². The smallest absolute Gasteiger partial charge is 0.242 e. The van der Waals surface area contributed by atoms with Crippen LogP contribution in [0.1, 0.15) is 44.7 Å². The van der Waals surface area contributed by atoms with E-state index in [0.29, 0.717) is 27.8 Å². The Morgan fingerprint density at radius 2 is 1.63 bits per heavy atom. The van der Waals surface area contributed by atoms with Crippen molar-refractivity contribution in [2.75, 3.05) is 23.7 Å². The second kappa shape index (κ2) is 13.1. The first-order chi connectivity index (χ1) is 16.5. The highest BCUT2D eigenvalue weighted by molar-refractivity contribution is 7.92. The molecular weight excluding hydrogens is 509 g/mol. The zero-order valence-corrected chi connectivity index (χ0v) is 22.9. The molecule has 2 amide bonds. The molecule has 1 unspecified atom stereocenters. The zero-order chi connectivity index (χ0) is 26.2. The molecule has 7 nitrogen and oxygen atoms in total. The van der Waals surface area contributed by atoms with E-state index >= 15 is 0 Å². The molecule has 0 radical (unpaired) electrons. The number of nitrogens with one attached hydrogen (secondary N) is 1. The van der Waals surface area contributed by atoms with Gasteiger partial charge in [0.25, 0.3) is 0 Å². The van der Waals surface area contributed by atoms with Crippen LogP contribution in [0.3, 0.4) is 0 Å². The largest absolute Gasteiger partial charge is 0.355 e. The van der Waals surface area contributed by atoms with Crippen molar-refractivity contribution in [3.8, 4) is 0 Å². The van der Waals surface area contributed by atoms with Crippen molar-refractivity contribution in [3.63, 3.8) is 0 Å². The van der Waals surface area contributed by atoms with Gasteiger partial charge in [0, 0.05) is 41.7 Å². The van der Waals surface area contributed by atoms with Crippen LogP contribution in [0.2, 0.25) is 10.0 Å². The molecule has 0 heterocycles. The van der Waals surface area contributed by atoms with E-state index in [0.717, 1.165) is 18.2 Å². The van der Waals surface area contributed by atoms with Crippen molar-refractivity contribution in [1.82, 2.24) is 10.2 Å². The minimum absolute atomic E-state index is 0.0465. The maximum Gasteiger partial charge on any atom is 0.242 e. The fourth-order valence-corrected chi connectivity index (χ4v) is 5.14. The maximum absolute atomic E-state index is 13.3. The molecule has 2 rings (SSSR count). The Balaban J connectivity index is 2.20. The number of halogens is 2. The lowest BCUT2D eigenvalue weighted by molar-refractivity contribution is -0.140. The molecule has 0 saturated carbocycles. The van der Waals surface area contributed by atoms with Crippen molar-refractivity contribution >= 4 is 50.7 Å². The number of anilines is 1. The Kier molecular flexibility index (Phi) is 10.9. The van der Waals surface area contributed by atoms with E-state index in [4.69, 9.17) is 23.2 Å². The van der Waals surface area contributed by atoms with Gasteiger partial charge in [0.2, 0.25) is 21.8 Å². The van der Waals surface area contributed by atoms with Crippen LogP contribution in [0.4, 0.5) is 5.69 Å². The van der Waals surface area contributed by atoms with E-state index in [2.05, 4.69) is 5.32 Å². The Morgan fingerprint density at radius 1 is 1.03 bits per heavy atom. The first kappa shape index (κ1) is 28.9. The topological polar surface area (TPSA) is 86.8 Å². The molecule has 2 aromatic rings. The number of sulfonamides is 1. The van der Waals surface area contributed by atoms with Crippen molar-refractivity contribution in [2.45, 2.75) is 52.6 Å². The minimum Gasteiger partial charge on any atom is -0.355 e. The van der Waals surface area contributed by atoms with Gasteiger partial charge < -0.3 is 10.2 Å². The van der Waals surface area contributed by atoms with Crippen molar-refractivity contribution in [2.24, 2.45) is 0 Å². The normalized spacial score (nSPS) is 12.2. The molecule has 0 spiro atoms. The number of likely N-dealkylation sites (N-methyl/N-ethyl adjacent to an activating group) is 1. The first-order valence-electron chi connectivity index (χ1n) is 11.6. The van der Waals surface area contributed by atoms with Gasteiger partial charge in [0.05, 0.1) is 11.9 Å². The van der Waals surface area contributed by atoms with E-state index in [1.165, 1.54) is 9.21 Å². The second-order valence-corrected chi connectivity index (χ2v) is 11.0. The van der Waals surface area contributed by atoms with E-state index in [1.807, 2.05) is 19.1 Å². The number of benzene rings is 2. The number of carbonyl (C=O) groups is 2. The van der Waals surface area contributed by atoms with Crippen LogP contribution >= 0.6 is 23.2 Å². The number of hydrogen-bond donors (Lipinski definition) is 1. The molecule has 192 valence electrons. The third-order valence-corrected chi connectivity index (χ3v) is 7.60. The van der Waals surface area contributed by atoms with Gasteiger partial charge in [0.1, 0.15) is 6.04 Å². The standard InChI is InChI=1S/C25H33Cl2N3O4S/c1-5-19-12-14-20(15-13-19)30(35(4,33)34)16-8-11-24(31)29(18(3)25(32)28-6-2)17-21-22(26)9-7-10-23(21)27/h7,9-10,12-15,18H,5-6,8,11,16-17H2,1-4H3,(H,28,32). The fourth-order valence-electron chi connectivity index (χ4n) is 3.66. The lowest BCUT2D eigenvalue weighted by Gasteiger charge is -2.30. The number of carbonyl (C=O) groups excluding carboxylic acids is 2. The Labute approximate surface area is 218 Å². The van der Waals surface area contributed by atoms with E-state index in [1.54, 1.807) is 44.2 Å². The average molecular weight is 543 g/mol. The van der Waals surface area contributed by atoms with Crippen LogP contribution < -0.4 is 9.62 Å². The van der Waals surface area contributed by atoms with E-state index in [-0.39, 0.29) is 37.7 Å². The third kappa shape index (κ3) is 8.12. The fraction of sp³-hybridized carbons (Fsp3) is 0.440. The zero-order valence-electron chi connectivity index (χ0n) is 20.6. The van der Waals surface area contributed by atoms with Crippen LogP contribution in [0.25, 0.3) is 0 Å². The predicted octanol–water partition coefficient (Wildman–Crippen LogP) is 4.66. The molecular formula is C25H33Cl2N3O4S. The molecule has 0 aliphatic heterocycles. The monoisotopic (exact) mass is 541 g/mol. The summed E-state index contributed by atoms with van der Waals surface area (Å²) in [4.78, 5) is 27.2. The highest BCUT2D eigenvalue weighted by Gasteiger charge is 2.27. The summed E-state index contributed by atoms with van der Waals surface area (Å²) in [7, 11) is -3.54. The molecule has 0 saturated heterocycles. The Hall–Kier alpha value is -2.29. The summed E-state index contributed by atoms with van der Waals surface area (Å²) in [5.74, 6) is -0.590. The highest BCUT2D eigenvalue weighted by atomic mass is 35.5. The summed E-state index contributed by atoms with van der Waals surface area (Å²) >= 11 is 12.6. The molecule has 0 bridgehead atoms. The summed E-state index contributed by atoms with van der Waals surface area (Å²) in [5, 5.41) is 3.53. The number of rotatable bonds is 12. The molecule has 0 aromatic heterocycles. The highest BCUT2D eigenvalue weighted by Crippen LogP contribution is 2.27. The predicted molar refractivity (Wildman–Crippen MR) is 142 cm³/mol. The van der Waals surface area contributed by atoms with Gasteiger partial charge in [0.15, 0.2) is 0 Å². The van der Waals surface area contributed by atoms with Crippen molar-refractivity contribution in [3.05, 3.63) is 63.6 Å². The van der Waals surface area contributed by atoms with Gasteiger partial charge in [-0.05, 0) is 56.5 Å². The summed E-state index contributed by atoms with van der Waals surface area (Å²) in [6.07, 6.45) is 2.31. The third-order valence-electron chi connectivity index (χ3n) is 5.69. The van der Waals surface area contributed by atoms with E-state index in [9.17, 15) is 18.0 Å². The van der Waals surface area contributed by atoms with Crippen LogP contribution in [-0.2, 0) is 32.6 Å². The molecule has 35 heavy (non-hydrogen) atoms. The van der Waals surface area contributed by atoms with Crippen molar-refractivity contribution < 1.29 is 18.0 Å². The number of aryl methyl sites for hydroxylation is 1. The molecule has 10 heteroatoms. The number of nitrogens with zero attached hydrogens (tertiary/aromatic N) is 2. The Bertz CT molecular complexity index is 1100. The summed E-state index contributed by atoms with van der Waals surface area (Å²) in [6.45, 7) is 6.09. The molecule has 2 aromatic carbocycles. The second-order valence-electron chi connectivity index (χ2n) is 8.25. The van der Waals surface area contributed by atoms with Crippen molar-refractivity contribution in [1.29, 1.82) is 0 Å². The van der Waals surface area contributed by atoms with Gasteiger partial charge >= 0.3 is 0 Å². The van der Waals surface area contributed by atoms with Crippen LogP contribution in [0, 0.1) is 0 Å². The lowest BCUT2D eigenvalue weighted by Crippen LogP contribution is -2.47. The quantitative estimate of drug-likeness (QED) is 0.423. The molecule has 1 atom stereocenters.